The Morgan fingerprint density at radius 1 is 1.31 bits per heavy atom. The molecule has 0 aromatic carbocycles. The van der Waals surface area contributed by atoms with Gasteiger partial charge in [0.25, 0.3) is 0 Å². The van der Waals surface area contributed by atoms with Gasteiger partial charge in [-0.1, -0.05) is 13.8 Å². The molecule has 1 atom stereocenters. The summed E-state index contributed by atoms with van der Waals surface area (Å²) in [6, 6.07) is 0. The summed E-state index contributed by atoms with van der Waals surface area (Å²) in [6.45, 7) is 7.05. The second-order valence-corrected chi connectivity index (χ2v) is 5.34. The molecule has 0 bridgehead atoms. The van der Waals surface area contributed by atoms with Gasteiger partial charge in [0.2, 0.25) is 0 Å². The van der Waals surface area contributed by atoms with E-state index in [1.54, 1.807) is 0 Å². The zero-order valence-corrected chi connectivity index (χ0v) is 11.8. The molecule has 0 radical (unpaired) electrons. The molecule has 0 aromatic rings. The van der Waals surface area contributed by atoms with Crippen molar-refractivity contribution in [2.24, 2.45) is 0 Å². The van der Waals surface area contributed by atoms with Crippen molar-refractivity contribution < 1.29 is 9.53 Å². The van der Waals surface area contributed by atoms with Gasteiger partial charge in [-0.15, -0.1) is 0 Å². The first kappa shape index (κ1) is 15.8. The fraction of sp³-hybridized carbons (Fsp3) is 0.917. The fourth-order valence-electron chi connectivity index (χ4n) is 1.41. The van der Waals surface area contributed by atoms with E-state index in [9.17, 15) is 4.79 Å². The van der Waals surface area contributed by atoms with E-state index in [0.29, 0.717) is 0 Å². The maximum atomic E-state index is 11.7. The molecule has 96 valence electrons. The Hall–Kier alpha value is -0.220. The molecule has 1 unspecified atom stereocenters. The summed E-state index contributed by atoms with van der Waals surface area (Å²) >= 11 is 1.89. The lowest BCUT2D eigenvalue weighted by Gasteiger charge is -2.27. The first-order valence-electron chi connectivity index (χ1n) is 6.02. The quantitative estimate of drug-likeness (QED) is 0.502. The summed E-state index contributed by atoms with van der Waals surface area (Å²) in [7, 11) is 1.45. The highest BCUT2D eigenvalue weighted by Gasteiger charge is 2.32. The Bertz CT molecular complexity index is 199. The predicted molar refractivity (Wildman–Crippen MR) is 70.9 cm³/mol. The molecule has 0 amide bonds. The Kier molecular flexibility index (Phi) is 8.76. The van der Waals surface area contributed by atoms with Gasteiger partial charge >= 0.3 is 5.97 Å². The molecule has 0 heterocycles. The van der Waals surface area contributed by atoms with Crippen molar-refractivity contribution in [3.05, 3.63) is 0 Å². The van der Waals surface area contributed by atoms with Gasteiger partial charge in [0, 0.05) is 0 Å². The monoisotopic (exact) mass is 247 g/mol. The molecule has 0 aromatic heterocycles. The molecule has 0 aliphatic carbocycles. The minimum absolute atomic E-state index is 0.155. The second-order valence-electron chi connectivity index (χ2n) is 4.11. The molecule has 0 aliphatic heterocycles. The number of carbonyl (C=O) groups is 1. The highest BCUT2D eigenvalue weighted by molar-refractivity contribution is 7.99. The summed E-state index contributed by atoms with van der Waals surface area (Å²) in [5.74, 6) is 2.00. The normalized spacial score (nSPS) is 14.5. The molecule has 1 N–H and O–H groups in total. The van der Waals surface area contributed by atoms with Crippen molar-refractivity contribution >= 4 is 17.7 Å². The van der Waals surface area contributed by atoms with Gasteiger partial charge < -0.3 is 10.1 Å². The molecule has 3 nitrogen and oxygen atoms in total. The first-order valence-corrected chi connectivity index (χ1v) is 7.17. The average molecular weight is 247 g/mol. The van der Waals surface area contributed by atoms with E-state index in [0.717, 1.165) is 30.9 Å². The van der Waals surface area contributed by atoms with Crippen LogP contribution in [0.25, 0.3) is 0 Å². The van der Waals surface area contributed by atoms with Crippen LogP contribution in [-0.4, -0.2) is 36.7 Å². The van der Waals surface area contributed by atoms with Gasteiger partial charge in [0.15, 0.2) is 0 Å². The fourth-order valence-corrected chi connectivity index (χ4v) is 2.46. The summed E-state index contributed by atoms with van der Waals surface area (Å²) in [5, 5.41) is 3.29. The molecular formula is C12H25NO2S. The van der Waals surface area contributed by atoms with E-state index in [1.165, 1.54) is 13.5 Å². The molecule has 0 spiro atoms. The van der Waals surface area contributed by atoms with E-state index in [-0.39, 0.29) is 5.97 Å². The van der Waals surface area contributed by atoms with Crippen LogP contribution < -0.4 is 5.32 Å². The van der Waals surface area contributed by atoms with E-state index in [2.05, 4.69) is 19.2 Å². The van der Waals surface area contributed by atoms with Crippen LogP contribution in [0.1, 0.15) is 40.0 Å². The number of hydrogen-bond donors (Lipinski definition) is 1. The molecule has 16 heavy (non-hydrogen) atoms. The van der Waals surface area contributed by atoms with Crippen molar-refractivity contribution in [1.29, 1.82) is 0 Å². The van der Waals surface area contributed by atoms with Gasteiger partial charge in [0.05, 0.1) is 7.11 Å². The summed E-state index contributed by atoms with van der Waals surface area (Å²) < 4.78 is 4.86. The number of rotatable bonds is 9. The minimum Gasteiger partial charge on any atom is -0.468 e. The number of esters is 1. The topological polar surface area (TPSA) is 38.3 Å². The largest absolute Gasteiger partial charge is 0.468 e. The van der Waals surface area contributed by atoms with Crippen molar-refractivity contribution in [1.82, 2.24) is 5.32 Å². The van der Waals surface area contributed by atoms with Crippen LogP contribution in [0.4, 0.5) is 0 Å². The maximum Gasteiger partial charge on any atom is 0.325 e. The maximum absolute atomic E-state index is 11.7. The van der Waals surface area contributed by atoms with Crippen LogP contribution in [0.15, 0.2) is 0 Å². The Labute approximate surface area is 104 Å². The Morgan fingerprint density at radius 2 is 2.00 bits per heavy atom. The predicted octanol–water partition coefficient (Wildman–Crippen LogP) is 2.45. The third-order valence-electron chi connectivity index (χ3n) is 2.50. The molecular weight excluding hydrogens is 222 g/mol. The van der Waals surface area contributed by atoms with E-state index in [1.807, 2.05) is 18.7 Å². The van der Waals surface area contributed by atoms with Crippen molar-refractivity contribution in [3.8, 4) is 0 Å². The van der Waals surface area contributed by atoms with Gasteiger partial charge in [-0.3, -0.25) is 4.79 Å². The Balaban J connectivity index is 4.13. The Morgan fingerprint density at radius 3 is 2.50 bits per heavy atom. The zero-order chi connectivity index (χ0) is 12.4. The summed E-state index contributed by atoms with van der Waals surface area (Å²) in [4.78, 5) is 11.7. The number of ether oxygens (including phenoxy) is 1. The van der Waals surface area contributed by atoms with Crippen molar-refractivity contribution in [2.45, 2.75) is 45.6 Å². The number of thioether (sulfide) groups is 1. The van der Waals surface area contributed by atoms with E-state index >= 15 is 0 Å². The third kappa shape index (κ3) is 5.75. The highest BCUT2D eigenvalue weighted by atomic mass is 32.2. The number of hydrogen-bond acceptors (Lipinski definition) is 4. The van der Waals surface area contributed by atoms with E-state index < -0.39 is 5.54 Å². The lowest BCUT2D eigenvalue weighted by atomic mass is 9.99. The van der Waals surface area contributed by atoms with Crippen LogP contribution in [0.3, 0.4) is 0 Å². The lowest BCUT2D eigenvalue weighted by molar-refractivity contribution is -0.148. The molecule has 0 saturated carbocycles. The van der Waals surface area contributed by atoms with E-state index in [4.69, 9.17) is 4.74 Å². The average Bonchev–Trinajstić information content (AvgIpc) is 2.31. The number of methoxy groups -OCH3 is 1. The molecule has 0 rings (SSSR count). The van der Waals surface area contributed by atoms with Crippen LogP contribution in [-0.2, 0) is 9.53 Å². The lowest BCUT2D eigenvalue weighted by Crippen LogP contribution is -2.50. The highest BCUT2D eigenvalue weighted by Crippen LogP contribution is 2.16. The molecule has 4 heteroatoms. The zero-order valence-electron chi connectivity index (χ0n) is 11.0. The van der Waals surface area contributed by atoms with Crippen molar-refractivity contribution in [2.75, 3.05) is 25.2 Å². The van der Waals surface area contributed by atoms with Gasteiger partial charge in [-0.2, -0.15) is 11.8 Å². The number of carbonyl (C=O) groups excluding carboxylic acids is 1. The minimum atomic E-state index is -0.522. The van der Waals surface area contributed by atoms with Crippen LogP contribution in [0.5, 0.6) is 0 Å². The summed E-state index contributed by atoms with van der Waals surface area (Å²) in [5.41, 5.74) is -0.522. The standard InChI is InChI=1S/C12H25NO2S/c1-5-8-13-12(3,11(14)15-4)7-10-16-9-6-2/h13H,5-10H2,1-4H3. The number of nitrogens with one attached hydrogen (secondary N) is 1. The summed E-state index contributed by atoms with van der Waals surface area (Å²) in [6.07, 6.45) is 3.03. The van der Waals surface area contributed by atoms with Crippen molar-refractivity contribution in [3.63, 3.8) is 0 Å². The second kappa shape index (κ2) is 8.88. The SMILES string of the molecule is CCCNC(C)(CCSCCC)C(=O)OC. The van der Waals surface area contributed by atoms with Gasteiger partial charge in [0.1, 0.15) is 5.54 Å². The van der Waals surface area contributed by atoms with Crippen LogP contribution in [0.2, 0.25) is 0 Å². The first-order chi connectivity index (χ1) is 7.60. The third-order valence-corrected chi connectivity index (χ3v) is 3.69. The van der Waals surface area contributed by atoms with Gasteiger partial charge in [-0.25, -0.2) is 0 Å². The van der Waals surface area contributed by atoms with Crippen LogP contribution in [0, 0.1) is 0 Å². The molecule has 0 fully saturated rings. The molecule has 0 saturated heterocycles. The van der Waals surface area contributed by atoms with Crippen LogP contribution >= 0.6 is 11.8 Å². The smallest absolute Gasteiger partial charge is 0.325 e. The molecule has 0 aliphatic rings. The van der Waals surface area contributed by atoms with Gasteiger partial charge in [-0.05, 0) is 44.2 Å².